The summed E-state index contributed by atoms with van der Waals surface area (Å²) in [5.41, 5.74) is 6.32. The predicted molar refractivity (Wildman–Crippen MR) is 59.9 cm³/mol. The van der Waals surface area contributed by atoms with E-state index in [9.17, 15) is 17.6 Å². The van der Waals surface area contributed by atoms with Crippen LogP contribution in [0.1, 0.15) is 17.2 Å². The fourth-order valence-electron chi connectivity index (χ4n) is 1.36. The lowest BCUT2D eigenvalue weighted by molar-refractivity contribution is -0.174. The summed E-state index contributed by atoms with van der Waals surface area (Å²) in [7, 11) is 0. The molecule has 0 amide bonds. The van der Waals surface area contributed by atoms with Gasteiger partial charge in [-0.15, -0.1) is 0 Å². The zero-order valence-electron chi connectivity index (χ0n) is 9.52. The fraction of sp³-hybridized carbons (Fsp3) is 0.455. The molecular weight excluding hydrogens is 274 g/mol. The average Bonchev–Trinajstić information content (AvgIpc) is 2.21. The molecule has 7 heteroatoms. The van der Waals surface area contributed by atoms with E-state index < -0.39 is 24.6 Å². The van der Waals surface area contributed by atoms with Gasteiger partial charge in [-0.05, 0) is 24.1 Å². The standard InChI is InChI=1S/C11H12ClF4NO/c1-6-2-7(8(12)3-9(6)13)10(17)4-18-5-11(14,15)16/h2-3,10H,4-5,17H2,1H3. The summed E-state index contributed by atoms with van der Waals surface area (Å²) < 4.78 is 53.2. The van der Waals surface area contributed by atoms with Crippen LogP contribution in [0.25, 0.3) is 0 Å². The second kappa shape index (κ2) is 5.86. The van der Waals surface area contributed by atoms with E-state index in [2.05, 4.69) is 4.74 Å². The summed E-state index contributed by atoms with van der Waals surface area (Å²) in [6.45, 7) is -0.207. The summed E-state index contributed by atoms with van der Waals surface area (Å²) in [4.78, 5) is 0. The van der Waals surface area contributed by atoms with Crippen LogP contribution in [-0.2, 0) is 4.74 Å². The number of alkyl halides is 3. The highest BCUT2D eigenvalue weighted by Crippen LogP contribution is 2.25. The van der Waals surface area contributed by atoms with E-state index in [0.717, 1.165) is 6.07 Å². The van der Waals surface area contributed by atoms with Crippen molar-refractivity contribution in [1.82, 2.24) is 0 Å². The number of ether oxygens (including phenoxy) is 1. The zero-order chi connectivity index (χ0) is 13.9. The van der Waals surface area contributed by atoms with E-state index in [0.29, 0.717) is 11.1 Å². The lowest BCUT2D eigenvalue weighted by atomic mass is 10.1. The minimum Gasteiger partial charge on any atom is -0.370 e. The molecular formula is C11H12ClF4NO. The Balaban J connectivity index is 2.67. The van der Waals surface area contributed by atoms with Crippen LogP contribution in [0.4, 0.5) is 17.6 Å². The third-order valence-corrected chi connectivity index (χ3v) is 2.57. The molecule has 1 aromatic rings. The molecule has 0 saturated carbocycles. The molecule has 0 fully saturated rings. The molecule has 102 valence electrons. The van der Waals surface area contributed by atoms with Crippen molar-refractivity contribution >= 4 is 11.6 Å². The van der Waals surface area contributed by atoms with Crippen LogP contribution in [0, 0.1) is 12.7 Å². The third-order valence-electron chi connectivity index (χ3n) is 2.24. The maximum Gasteiger partial charge on any atom is 0.411 e. The van der Waals surface area contributed by atoms with Crippen molar-refractivity contribution in [1.29, 1.82) is 0 Å². The molecule has 1 rings (SSSR count). The summed E-state index contributed by atoms with van der Waals surface area (Å²) in [6.07, 6.45) is -4.40. The molecule has 2 nitrogen and oxygen atoms in total. The van der Waals surface area contributed by atoms with E-state index in [1.807, 2.05) is 0 Å². The van der Waals surface area contributed by atoms with Crippen LogP contribution in [0.3, 0.4) is 0 Å². The van der Waals surface area contributed by atoms with Gasteiger partial charge in [0.2, 0.25) is 0 Å². The van der Waals surface area contributed by atoms with Gasteiger partial charge in [-0.25, -0.2) is 4.39 Å². The Morgan fingerprint density at radius 2 is 2.00 bits per heavy atom. The summed E-state index contributed by atoms with van der Waals surface area (Å²) in [5, 5.41) is 0.0706. The minimum atomic E-state index is -4.40. The van der Waals surface area contributed by atoms with Crippen LogP contribution >= 0.6 is 11.6 Å². The van der Waals surface area contributed by atoms with Crippen molar-refractivity contribution in [3.63, 3.8) is 0 Å². The number of aryl methyl sites for hydroxylation is 1. The van der Waals surface area contributed by atoms with E-state index in [4.69, 9.17) is 17.3 Å². The number of hydrogen-bond donors (Lipinski definition) is 1. The summed E-state index contributed by atoms with van der Waals surface area (Å²) in [6, 6.07) is 1.65. The van der Waals surface area contributed by atoms with E-state index >= 15 is 0 Å². The molecule has 0 radical (unpaired) electrons. The van der Waals surface area contributed by atoms with Gasteiger partial charge < -0.3 is 10.5 Å². The van der Waals surface area contributed by atoms with Gasteiger partial charge in [0.25, 0.3) is 0 Å². The molecule has 2 N–H and O–H groups in total. The maximum absolute atomic E-state index is 13.1. The molecule has 0 aliphatic carbocycles. The Morgan fingerprint density at radius 1 is 1.39 bits per heavy atom. The lowest BCUT2D eigenvalue weighted by Gasteiger charge is -2.16. The molecule has 0 aromatic heterocycles. The maximum atomic E-state index is 13.1. The zero-order valence-corrected chi connectivity index (χ0v) is 10.3. The average molecular weight is 286 g/mol. The first kappa shape index (κ1) is 15.2. The van der Waals surface area contributed by atoms with Gasteiger partial charge in [-0.3, -0.25) is 0 Å². The number of benzene rings is 1. The Hall–Kier alpha value is -0.850. The molecule has 0 saturated heterocycles. The van der Waals surface area contributed by atoms with Crippen molar-refractivity contribution in [2.75, 3.05) is 13.2 Å². The topological polar surface area (TPSA) is 35.2 Å². The van der Waals surface area contributed by atoms with E-state index in [-0.39, 0.29) is 11.6 Å². The molecule has 1 unspecified atom stereocenters. The number of rotatable bonds is 4. The van der Waals surface area contributed by atoms with E-state index in [1.54, 1.807) is 0 Å². The van der Waals surface area contributed by atoms with Crippen LogP contribution < -0.4 is 5.73 Å². The summed E-state index contributed by atoms with van der Waals surface area (Å²) >= 11 is 5.77. The fourth-order valence-corrected chi connectivity index (χ4v) is 1.65. The third kappa shape index (κ3) is 4.44. The van der Waals surface area contributed by atoms with Crippen molar-refractivity contribution in [3.05, 3.63) is 34.1 Å². The van der Waals surface area contributed by atoms with Gasteiger partial charge >= 0.3 is 6.18 Å². The van der Waals surface area contributed by atoms with Crippen LogP contribution in [0.15, 0.2) is 12.1 Å². The largest absolute Gasteiger partial charge is 0.411 e. The second-order valence-electron chi connectivity index (χ2n) is 3.86. The minimum absolute atomic E-state index is 0.0706. The van der Waals surface area contributed by atoms with Gasteiger partial charge in [-0.2, -0.15) is 13.2 Å². The highest BCUT2D eigenvalue weighted by Gasteiger charge is 2.28. The van der Waals surface area contributed by atoms with Gasteiger partial charge in [0.15, 0.2) is 0 Å². The van der Waals surface area contributed by atoms with Crippen LogP contribution in [0.5, 0.6) is 0 Å². The van der Waals surface area contributed by atoms with Gasteiger partial charge in [0, 0.05) is 5.02 Å². The van der Waals surface area contributed by atoms with Gasteiger partial charge in [0.05, 0.1) is 12.6 Å². The highest BCUT2D eigenvalue weighted by atomic mass is 35.5. The van der Waals surface area contributed by atoms with Crippen molar-refractivity contribution in [2.45, 2.75) is 19.1 Å². The smallest absolute Gasteiger partial charge is 0.370 e. The number of hydrogen-bond acceptors (Lipinski definition) is 2. The van der Waals surface area contributed by atoms with E-state index in [1.165, 1.54) is 13.0 Å². The molecule has 0 spiro atoms. The molecule has 1 atom stereocenters. The highest BCUT2D eigenvalue weighted by molar-refractivity contribution is 6.31. The van der Waals surface area contributed by atoms with Crippen molar-refractivity contribution in [3.8, 4) is 0 Å². The molecule has 0 aliphatic rings. The van der Waals surface area contributed by atoms with Crippen molar-refractivity contribution < 1.29 is 22.3 Å². The first-order valence-electron chi connectivity index (χ1n) is 5.06. The first-order valence-corrected chi connectivity index (χ1v) is 5.44. The monoisotopic (exact) mass is 285 g/mol. The SMILES string of the molecule is Cc1cc(C(N)COCC(F)(F)F)c(Cl)cc1F. The Labute approximate surface area is 107 Å². The molecule has 0 aliphatic heterocycles. The normalized spacial score (nSPS) is 13.7. The lowest BCUT2D eigenvalue weighted by Crippen LogP contribution is -2.23. The second-order valence-corrected chi connectivity index (χ2v) is 4.27. The Bertz CT molecular complexity index is 422. The van der Waals surface area contributed by atoms with Gasteiger partial charge in [0.1, 0.15) is 12.4 Å². The molecule has 1 aromatic carbocycles. The predicted octanol–water partition coefficient (Wildman–Crippen LogP) is 3.37. The quantitative estimate of drug-likeness (QED) is 0.861. The van der Waals surface area contributed by atoms with Crippen LogP contribution in [0.2, 0.25) is 5.02 Å². The molecule has 0 heterocycles. The molecule has 18 heavy (non-hydrogen) atoms. The first-order chi connectivity index (χ1) is 8.20. The van der Waals surface area contributed by atoms with Gasteiger partial charge in [-0.1, -0.05) is 17.7 Å². The van der Waals surface area contributed by atoms with Crippen molar-refractivity contribution in [2.24, 2.45) is 5.73 Å². The number of halogens is 5. The Kier molecular flexibility index (Phi) is 4.95. The number of nitrogens with two attached hydrogens (primary N) is 1. The van der Waals surface area contributed by atoms with Crippen LogP contribution in [-0.4, -0.2) is 19.4 Å². The Morgan fingerprint density at radius 3 is 2.56 bits per heavy atom. The molecule has 0 bridgehead atoms. The summed E-state index contributed by atoms with van der Waals surface area (Å²) in [5.74, 6) is -0.493.